The highest BCUT2D eigenvalue weighted by Crippen LogP contribution is 2.30. The van der Waals surface area contributed by atoms with Crippen molar-refractivity contribution in [3.8, 4) is 5.75 Å². The molecule has 0 saturated heterocycles. The van der Waals surface area contributed by atoms with Crippen LogP contribution in [0.5, 0.6) is 5.75 Å². The van der Waals surface area contributed by atoms with E-state index in [-0.39, 0.29) is 5.92 Å². The lowest BCUT2D eigenvalue weighted by Gasteiger charge is -2.23. The first-order valence-corrected chi connectivity index (χ1v) is 8.58. The fourth-order valence-corrected chi connectivity index (χ4v) is 2.34. The number of carbonyl (C=O) groups excluding carboxylic acids is 1. The lowest BCUT2D eigenvalue weighted by Crippen LogP contribution is -2.21. The molecule has 0 N–H and O–H groups in total. The van der Waals surface area contributed by atoms with E-state index < -0.39 is 0 Å². The van der Waals surface area contributed by atoms with Gasteiger partial charge in [-0.25, -0.2) is 0 Å². The molecule has 1 fully saturated rings. The Labute approximate surface area is 129 Å². The Morgan fingerprint density at radius 3 is 2.29 bits per heavy atom. The monoisotopic (exact) mass is 290 g/mol. The number of hydrogen-bond acceptors (Lipinski definition) is 2. The fourth-order valence-electron chi connectivity index (χ4n) is 2.34. The number of benzene rings is 1. The third-order valence-electron chi connectivity index (χ3n) is 3.88. The summed E-state index contributed by atoms with van der Waals surface area (Å²) in [5, 5.41) is 0. The molecule has 118 valence electrons. The molecule has 2 nitrogen and oxygen atoms in total. The molecule has 1 aliphatic rings. The van der Waals surface area contributed by atoms with Crippen molar-refractivity contribution in [1.82, 2.24) is 0 Å². The van der Waals surface area contributed by atoms with Crippen LogP contribution in [0.1, 0.15) is 76.1 Å². The Bertz CT molecular complexity index is 391. The molecule has 1 aromatic rings. The summed E-state index contributed by atoms with van der Waals surface area (Å²) in [6.45, 7) is 6.98. The lowest BCUT2D eigenvalue weighted by molar-refractivity contribution is 0.0855. The highest BCUT2D eigenvalue weighted by molar-refractivity contribution is 5.98. The maximum atomic E-state index is 12.0. The molecule has 1 saturated carbocycles. The normalized spacial score (nSPS) is 13.9. The molecule has 1 aliphatic carbocycles. The number of unbranched alkanes of at least 4 members (excludes halogenated alkanes) is 3. The fraction of sp³-hybridized carbons (Fsp3) is 0.632. The molecule has 0 spiro atoms. The molecule has 21 heavy (non-hydrogen) atoms. The van der Waals surface area contributed by atoms with Gasteiger partial charge in [0.2, 0.25) is 0 Å². The van der Waals surface area contributed by atoms with E-state index in [0.29, 0.717) is 5.78 Å². The van der Waals surface area contributed by atoms with Crippen molar-refractivity contribution in [2.75, 3.05) is 6.61 Å². The maximum absolute atomic E-state index is 12.0. The first kappa shape index (κ1) is 17.7. The molecule has 1 aromatic carbocycles. The Morgan fingerprint density at radius 2 is 1.76 bits per heavy atom. The van der Waals surface area contributed by atoms with Gasteiger partial charge in [0.15, 0.2) is 5.78 Å². The molecule has 0 atom stereocenters. The smallest absolute Gasteiger partial charge is 0.165 e. The average molecular weight is 290 g/mol. The number of carbonyl (C=O) groups is 1. The highest BCUT2D eigenvalue weighted by atomic mass is 16.5. The van der Waals surface area contributed by atoms with Crippen molar-refractivity contribution >= 4 is 5.78 Å². The summed E-state index contributed by atoms with van der Waals surface area (Å²) in [6, 6.07) is 7.65. The van der Waals surface area contributed by atoms with Gasteiger partial charge in [-0.15, -0.1) is 0 Å². The summed E-state index contributed by atoms with van der Waals surface area (Å²) in [5.41, 5.74) is 0.836. The standard InChI is InChI=1S/C17H24O2.C2H6/c1-2-3-4-5-13-19-16-11-9-15(10-12-16)17(18)14-7-6-8-14;1-2/h9-12,14H,2-8,13H2,1H3;1-2H3. The predicted molar refractivity (Wildman–Crippen MR) is 89.1 cm³/mol. The van der Waals surface area contributed by atoms with E-state index in [1.807, 2.05) is 38.1 Å². The van der Waals surface area contributed by atoms with Crippen molar-refractivity contribution in [2.24, 2.45) is 5.92 Å². The molecule has 0 aliphatic heterocycles. The van der Waals surface area contributed by atoms with Crippen LogP contribution in [-0.4, -0.2) is 12.4 Å². The summed E-state index contributed by atoms with van der Waals surface area (Å²) >= 11 is 0. The quantitative estimate of drug-likeness (QED) is 0.456. The minimum Gasteiger partial charge on any atom is -0.494 e. The lowest BCUT2D eigenvalue weighted by atomic mass is 9.80. The molecule has 0 amide bonds. The van der Waals surface area contributed by atoms with Crippen LogP contribution in [0.3, 0.4) is 0 Å². The zero-order chi connectivity index (χ0) is 15.5. The van der Waals surface area contributed by atoms with Crippen LogP contribution >= 0.6 is 0 Å². The zero-order valence-electron chi connectivity index (χ0n) is 13.9. The van der Waals surface area contributed by atoms with E-state index in [4.69, 9.17) is 4.74 Å². The summed E-state index contributed by atoms with van der Waals surface area (Å²) in [4.78, 5) is 12.0. The third kappa shape index (κ3) is 5.91. The van der Waals surface area contributed by atoms with Gasteiger partial charge in [-0.3, -0.25) is 4.79 Å². The van der Waals surface area contributed by atoms with E-state index in [1.54, 1.807) is 0 Å². The van der Waals surface area contributed by atoms with Gasteiger partial charge in [-0.1, -0.05) is 46.5 Å². The van der Waals surface area contributed by atoms with Gasteiger partial charge in [-0.05, 0) is 43.5 Å². The summed E-state index contributed by atoms with van der Waals surface area (Å²) in [6.07, 6.45) is 8.19. The van der Waals surface area contributed by atoms with Crippen LogP contribution < -0.4 is 4.74 Å². The first-order valence-electron chi connectivity index (χ1n) is 8.58. The van der Waals surface area contributed by atoms with Crippen LogP contribution in [0.2, 0.25) is 0 Å². The topological polar surface area (TPSA) is 26.3 Å². The Kier molecular flexibility index (Phi) is 8.80. The zero-order valence-corrected chi connectivity index (χ0v) is 13.9. The number of hydrogen-bond donors (Lipinski definition) is 0. The highest BCUT2D eigenvalue weighted by Gasteiger charge is 2.25. The number of ether oxygens (including phenoxy) is 1. The maximum Gasteiger partial charge on any atom is 0.165 e. The molecule has 0 heterocycles. The SMILES string of the molecule is CC.CCCCCCOc1ccc(C(=O)C2CCC2)cc1. The summed E-state index contributed by atoms with van der Waals surface area (Å²) in [7, 11) is 0. The molecule has 0 aromatic heterocycles. The van der Waals surface area contributed by atoms with E-state index in [2.05, 4.69) is 6.92 Å². The van der Waals surface area contributed by atoms with E-state index in [1.165, 1.54) is 25.7 Å². The van der Waals surface area contributed by atoms with Crippen molar-refractivity contribution in [3.63, 3.8) is 0 Å². The van der Waals surface area contributed by atoms with Gasteiger partial charge in [0.05, 0.1) is 6.61 Å². The van der Waals surface area contributed by atoms with Crippen LogP contribution in [-0.2, 0) is 0 Å². The molecule has 2 rings (SSSR count). The molecule has 0 bridgehead atoms. The second-order valence-corrected chi connectivity index (χ2v) is 5.43. The Hall–Kier alpha value is -1.31. The molecular weight excluding hydrogens is 260 g/mol. The van der Waals surface area contributed by atoms with Crippen LogP contribution in [0.15, 0.2) is 24.3 Å². The second-order valence-electron chi connectivity index (χ2n) is 5.43. The van der Waals surface area contributed by atoms with Crippen molar-refractivity contribution in [3.05, 3.63) is 29.8 Å². The second kappa shape index (κ2) is 10.4. The summed E-state index contributed by atoms with van der Waals surface area (Å²) < 4.78 is 5.68. The summed E-state index contributed by atoms with van der Waals surface area (Å²) in [5.74, 6) is 1.46. The van der Waals surface area contributed by atoms with Crippen LogP contribution in [0.25, 0.3) is 0 Å². The van der Waals surface area contributed by atoms with Gasteiger partial charge >= 0.3 is 0 Å². The molecular formula is C19H30O2. The average Bonchev–Trinajstić information content (AvgIpc) is 2.48. The minimum atomic E-state index is 0.279. The number of ketones is 1. The van der Waals surface area contributed by atoms with Crippen molar-refractivity contribution < 1.29 is 9.53 Å². The van der Waals surface area contributed by atoms with Gasteiger partial charge in [0, 0.05) is 11.5 Å². The van der Waals surface area contributed by atoms with Crippen LogP contribution in [0.4, 0.5) is 0 Å². The number of Topliss-reactive ketones (excluding diaryl/α,β-unsaturated/α-hetero) is 1. The number of rotatable bonds is 8. The van der Waals surface area contributed by atoms with E-state index >= 15 is 0 Å². The van der Waals surface area contributed by atoms with Gasteiger partial charge in [0.25, 0.3) is 0 Å². The van der Waals surface area contributed by atoms with Crippen molar-refractivity contribution in [1.29, 1.82) is 0 Å². The van der Waals surface area contributed by atoms with Gasteiger partial charge in [-0.2, -0.15) is 0 Å². The molecule has 0 radical (unpaired) electrons. The minimum absolute atomic E-state index is 0.279. The van der Waals surface area contributed by atoms with E-state index in [0.717, 1.165) is 37.2 Å². The largest absolute Gasteiger partial charge is 0.494 e. The molecule has 0 unspecified atom stereocenters. The Morgan fingerprint density at radius 1 is 1.10 bits per heavy atom. The van der Waals surface area contributed by atoms with Gasteiger partial charge in [0.1, 0.15) is 5.75 Å². The third-order valence-corrected chi connectivity index (χ3v) is 3.88. The Balaban J connectivity index is 0.00000106. The van der Waals surface area contributed by atoms with E-state index in [9.17, 15) is 4.79 Å². The first-order chi connectivity index (χ1) is 10.3. The van der Waals surface area contributed by atoms with Gasteiger partial charge < -0.3 is 4.74 Å². The van der Waals surface area contributed by atoms with Crippen LogP contribution in [0, 0.1) is 5.92 Å². The molecule has 2 heteroatoms. The van der Waals surface area contributed by atoms with Crippen molar-refractivity contribution in [2.45, 2.75) is 65.7 Å². The predicted octanol–water partition coefficient (Wildman–Crippen LogP) is 5.65.